The van der Waals surface area contributed by atoms with Crippen molar-refractivity contribution in [3.8, 4) is 0 Å². The van der Waals surface area contributed by atoms with Crippen LogP contribution in [0.15, 0.2) is 24.3 Å². The second-order valence-corrected chi connectivity index (χ2v) is 17.8. The lowest BCUT2D eigenvalue weighted by molar-refractivity contribution is -0.284. The number of allylic oxidation sites excluding steroid dienone is 4. The third kappa shape index (κ3) is 38.2. The molecular formula is C51H85F10NO9. The quantitative estimate of drug-likeness (QED) is 0.0146. The Morgan fingerprint density at radius 3 is 1.45 bits per heavy atom. The Morgan fingerprint density at radius 2 is 0.930 bits per heavy atom. The van der Waals surface area contributed by atoms with Gasteiger partial charge in [-0.05, 0) is 96.7 Å². The second kappa shape index (κ2) is 41.2. The summed E-state index contributed by atoms with van der Waals surface area (Å²) in [5.41, 5.74) is 0. The molecule has 71 heavy (non-hydrogen) atoms. The van der Waals surface area contributed by atoms with Crippen LogP contribution in [0, 0.1) is 5.92 Å². The molecule has 0 saturated carbocycles. The van der Waals surface area contributed by atoms with Crippen molar-refractivity contribution in [3.05, 3.63) is 24.3 Å². The van der Waals surface area contributed by atoms with E-state index in [4.69, 9.17) is 28.4 Å². The third-order valence-electron chi connectivity index (χ3n) is 11.5. The molecule has 20 heteroatoms. The molecule has 0 aliphatic heterocycles. The highest BCUT2D eigenvalue weighted by molar-refractivity contribution is 5.69. The van der Waals surface area contributed by atoms with Crippen LogP contribution in [0.5, 0.6) is 0 Å². The van der Waals surface area contributed by atoms with Gasteiger partial charge in [0.15, 0.2) is 6.29 Å². The number of hydrogen-bond donors (Lipinski definition) is 0. The molecule has 0 saturated heterocycles. The average molecular weight is 1050 g/mol. The van der Waals surface area contributed by atoms with E-state index >= 15 is 0 Å². The number of alkyl halides is 10. The van der Waals surface area contributed by atoms with E-state index in [2.05, 4.69) is 50.0 Å². The molecule has 418 valence electrons. The van der Waals surface area contributed by atoms with Crippen molar-refractivity contribution in [1.82, 2.24) is 4.90 Å². The maximum atomic E-state index is 13.2. The molecule has 0 rings (SSSR count). The van der Waals surface area contributed by atoms with Crippen LogP contribution in [0.25, 0.3) is 0 Å². The minimum Gasteiger partial charge on any atom is -0.465 e. The highest BCUT2D eigenvalue weighted by Crippen LogP contribution is 2.40. The standard InChI is InChI=1S/C51H85F10NO9/c1-4-7-8-9-10-11-12-13-14-15-16-17-18-19-24-31-44(63)69-40-43(42-71-47(65)68-39-30-27-36-62(5-2)6-3)41-70-45(64)32-33-46(66-37-28-22-20-25-34-48(52,53)50(56,57)58)67-38-29-23-21-26-35-49(54,55)51(59,60)61/h10-11,13-14,43,46H,4-9,12,15-42H2,1-3H3/b11-10-,14-13-. The summed E-state index contributed by atoms with van der Waals surface area (Å²) in [6.07, 6.45) is 5.77. The lowest BCUT2D eigenvalue weighted by Gasteiger charge is -2.20. The maximum absolute atomic E-state index is 13.2. The number of halogens is 10. The summed E-state index contributed by atoms with van der Waals surface area (Å²) in [5.74, 6) is -11.5. The Balaban J connectivity index is 5.18. The van der Waals surface area contributed by atoms with Crippen molar-refractivity contribution in [2.45, 2.75) is 218 Å². The zero-order valence-electron chi connectivity index (χ0n) is 42.6. The van der Waals surface area contributed by atoms with E-state index in [1.54, 1.807) is 0 Å². The van der Waals surface area contributed by atoms with Gasteiger partial charge in [-0.3, -0.25) is 9.59 Å². The number of carbonyl (C=O) groups is 3. The van der Waals surface area contributed by atoms with Crippen LogP contribution in [0.1, 0.15) is 188 Å². The van der Waals surface area contributed by atoms with E-state index in [9.17, 15) is 58.3 Å². The summed E-state index contributed by atoms with van der Waals surface area (Å²) in [6.45, 7) is 8.24. The number of unbranched alkanes of at least 4 members (excludes halogenated alkanes) is 15. The third-order valence-corrected chi connectivity index (χ3v) is 11.5. The van der Waals surface area contributed by atoms with E-state index < -0.39 is 67.3 Å². The molecule has 0 bridgehead atoms. The molecule has 1 unspecified atom stereocenters. The van der Waals surface area contributed by atoms with Gasteiger partial charge in [-0.15, -0.1) is 0 Å². The molecular weight excluding hydrogens is 961 g/mol. The van der Waals surface area contributed by atoms with Crippen LogP contribution in [-0.2, 0) is 38.0 Å². The first kappa shape index (κ1) is 67.9. The Hall–Kier alpha value is -3.13. The number of carbonyl (C=O) groups excluding carboxylic acids is 3. The summed E-state index contributed by atoms with van der Waals surface area (Å²) < 4.78 is 160. The number of nitrogens with zero attached hydrogens (tertiary/aromatic N) is 1. The molecule has 0 amide bonds. The monoisotopic (exact) mass is 1050 g/mol. The summed E-state index contributed by atoms with van der Waals surface area (Å²) in [4.78, 5) is 40.2. The van der Waals surface area contributed by atoms with E-state index in [-0.39, 0.29) is 110 Å². The van der Waals surface area contributed by atoms with Crippen LogP contribution < -0.4 is 0 Å². The molecule has 0 heterocycles. The first-order chi connectivity index (χ1) is 33.7. The summed E-state index contributed by atoms with van der Waals surface area (Å²) >= 11 is 0. The van der Waals surface area contributed by atoms with Gasteiger partial charge in [0.25, 0.3) is 0 Å². The Morgan fingerprint density at radius 1 is 0.479 bits per heavy atom. The van der Waals surface area contributed by atoms with E-state index in [1.807, 2.05) is 0 Å². The summed E-state index contributed by atoms with van der Waals surface area (Å²) in [7, 11) is 0. The number of rotatable bonds is 46. The summed E-state index contributed by atoms with van der Waals surface area (Å²) in [5, 5.41) is 0. The van der Waals surface area contributed by atoms with E-state index in [0.717, 1.165) is 71.0 Å². The SMILES string of the molecule is CCCCC/C=C\C/C=C\CCCCCCCC(=O)OCC(COC(=O)CCC(OCCCCCCC(F)(F)C(F)(F)F)OCCCCCCC(F)(F)C(F)(F)F)COC(=O)OCCCCN(CC)CC. The Kier molecular flexibility index (Phi) is 39.4. The molecule has 10 nitrogen and oxygen atoms in total. The molecule has 0 aliphatic rings. The molecule has 0 aliphatic carbocycles. The van der Waals surface area contributed by atoms with Gasteiger partial charge >= 0.3 is 42.3 Å². The van der Waals surface area contributed by atoms with E-state index in [0.29, 0.717) is 12.8 Å². The molecule has 0 aromatic rings. The minimum atomic E-state index is -5.64. The predicted molar refractivity (Wildman–Crippen MR) is 252 cm³/mol. The molecule has 1 atom stereocenters. The van der Waals surface area contributed by atoms with Crippen LogP contribution in [0.3, 0.4) is 0 Å². The minimum absolute atomic E-state index is 0.0200. The number of ether oxygens (including phenoxy) is 6. The first-order valence-corrected chi connectivity index (χ1v) is 25.9. The molecule has 0 aromatic carbocycles. The average Bonchev–Trinajstić information content (AvgIpc) is 3.31. The molecule has 0 N–H and O–H groups in total. The largest absolute Gasteiger partial charge is 0.508 e. The van der Waals surface area contributed by atoms with Crippen LogP contribution in [-0.4, -0.2) is 113 Å². The van der Waals surface area contributed by atoms with Gasteiger partial charge in [-0.1, -0.05) is 103 Å². The fourth-order valence-corrected chi connectivity index (χ4v) is 6.92. The predicted octanol–water partition coefficient (Wildman–Crippen LogP) is 15.2. The van der Waals surface area contributed by atoms with Crippen LogP contribution >= 0.6 is 0 Å². The lowest BCUT2D eigenvalue weighted by Crippen LogP contribution is -2.36. The van der Waals surface area contributed by atoms with Crippen molar-refractivity contribution in [1.29, 1.82) is 0 Å². The molecule has 0 aromatic heterocycles. The van der Waals surface area contributed by atoms with Crippen molar-refractivity contribution < 1.29 is 86.7 Å². The van der Waals surface area contributed by atoms with Crippen molar-refractivity contribution in [2.75, 3.05) is 59.3 Å². The zero-order chi connectivity index (χ0) is 53.3. The smallest absolute Gasteiger partial charge is 0.465 e. The Labute approximate surface area is 416 Å². The van der Waals surface area contributed by atoms with E-state index in [1.165, 1.54) is 19.3 Å². The van der Waals surface area contributed by atoms with Gasteiger partial charge in [0, 0.05) is 38.9 Å². The fourth-order valence-electron chi connectivity index (χ4n) is 6.92. The molecule has 0 radical (unpaired) electrons. The zero-order valence-corrected chi connectivity index (χ0v) is 42.6. The van der Waals surface area contributed by atoms with Gasteiger partial charge < -0.3 is 33.3 Å². The highest BCUT2D eigenvalue weighted by Gasteiger charge is 2.57. The first-order valence-electron chi connectivity index (χ1n) is 25.9. The highest BCUT2D eigenvalue weighted by atomic mass is 19.4. The topological polar surface area (TPSA) is 110 Å². The lowest BCUT2D eigenvalue weighted by atomic mass is 10.1. The number of esters is 2. The Bertz CT molecular complexity index is 1360. The molecule has 0 spiro atoms. The fraction of sp³-hybridized carbons (Fsp3) is 0.863. The van der Waals surface area contributed by atoms with Crippen molar-refractivity contribution >= 4 is 18.1 Å². The van der Waals surface area contributed by atoms with Gasteiger partial charge in [0.1, 0.15) is 19.8 Å². The second-order valence-electron chi connectivity index (χ2n) is 17.8. The van der Waals surface area contributed by atoms with Gasteiger partial charge in [-0.2, -0.15) is 43.9 Å². The normalized spacial score (nSPS) is 13.2. The van der Waals surface area contributed by atoms with Crippen LogP contribution in [0.2, 0.25) is 0 Å². The van der Waals surface area contributed by atoms with Crippen LogP contribution in [0.4, 0.5) is 48.7 Å². The van der Waals surface area contributed by atoms with Gasteiger partial charge in [0.05, 0.1) is 18.9 Å². The van der Waals surface area contributed by atoms with Gasteiger partial charge in [-0.25, -0.2) is 4.79 Å². The van der Waals surface area contributed by atoms with Crippen molar-refractivity contribution in [2.24, 2.45) is 5.92 Å². The maximum Gasteiger partial charge on any atom is 0.508 e. The van der Waals surface area contributed by atoms with Crippen molar-refractivity contribution in [3.63, 3.8) is 0 Å². The number of hydrogen-bond acceptors (Lipinski definition) is 10. The van der Waals surface area contributed by atoms with Gasteiger partial charge in [0.2, 0.25) is 0 Å². The molecule has 0 fully saturated rings. The summed E-state index contributed by atoms with van der Waals surface area (Å²) in [6, 6.07) is 0.